The molecule has 0 aromatic heterocycles. The van der Waals surface area contributed by atoms with Gasteiger partial charge in [0.2, 0.25) is 0 Å². The standard InChI is InChI=1S/C18H29BrN2/c1-21(2)13-7-11-16(18-14-20-18)10-4-3-8-15-9-5-6-12-17(15)19/h5-6,9,12,16,18,20H,3-4,7-8,10-11,13-14H2,1-2H3. The van der Waals surface area contributed by atoms with Gasteiger partial charge in [0.05, 0.1) is 0 Å². The van der Waals surface area contributed by atoms with E-state index in [1.807, 2.05) is 0 Å². The van der Waals surface area contributed by atoms with Gasteiger partial charge >= 0.3 is 0 Å². The van der Waals surface area contributed by atoms with Crippen molar-refractivity contribution in [3.63, 3.8) is 0 Å². The summed E-state index contributed by atoms with van der Waals surface area (Å²) in [5, 5.41) is 3.52. The van der Waals surface area contributed by atoms with Crippen LogP contribution in [-0.4, -0.2) is 38.1 Å². The average molecular weight is 353 g/mol. The zero-order valence-electron chi connectivity index (χ0n) is 13.4. The Morgan fingerprint density at radius 3 is 2.57 bits per heavy atom. The molecular weight excluding hydrogens is 324 g/mol. The maximum absolute atomic E-state index is 3.64. The SMILES string of the molecule is CN(C)CCCC(CCCCc1ccccc1Br)C1CN1. The molecule has 2 rings (SSSR count). The number of hydrogen-bond donors (Lipinski definition) is 1. The van der Waals surface area contributed by atoms with E-state index >= 15 is 0 Å². The molecule has 1 fully saturated rings. The van der Waals surface area contributed by atoms with Gasteiger partial charge in [-0.15, -0.1) is 0 Å². The summed E-state index contributed by atoms with van der Waals surface area (Å²) in [6.45, 7) is 2.47. The molecule has 3 heteroatoms. The van der Waals surface area contributed by atoms with Crippen LogP contribution in [0.1, 0.15) is 37.7 Å². The zero-order valence-corrected chi connectivity index (χ0v) is 15.0. The van der Waals surface area contributed by atoms with Gasteiger partial charge in [-0.2, -0.15) is 0 Å². The molecule has 0 aliphatic carbocycles. The first-order chi connectivity index (χ1) is 10.2. The second kappa shape index (κ2) is 8.92. The van der Waals surface area contributed by atoms with Crippen LogP contribution < -0.4 is 5.32 Å². The van der Waals surface area contributed by atoms with E-state index in [1.165, 1.54) is 61.7 Å². The summed E-state index contributed by atoms with van der Waals surface area (Å²) in [5.74, 6) is 0.893. The third-order valence-electron chi connectivity index (χ3n) is 4.42. The number of unbranched alkanes of at least 4 members (excludes halogenated alkanes) is 1. The summed E-state index contributed by atoms with van der Waals surface area (Å²) in [7, 11) is 4.34. The van der Waals surface area contributed by atoms with Gasteiger partial charge in [0.15, 0.2) is 0 Å². The molecular formula is C18H29BrN2. The highest BCUT2D eigenvalue weighted by molar-refractivity contribution is 9.10. The van der Waals surface area contributed by atoms with E-state index in [2.05, 4.69) is 64.5 Å². The molecule has 1 saturated heterocycles. The molecule has 0 saturated carbocycles. The first-order valence-corrected chi connectivity index (χ1v) is 9.07. The fourth-order valence-corrected chi connectivity index (χ4v) is 3.52. The lowest BCUT2D eigenvalue weighted by molar-refractivity contribution is 0.348. The summed E-state index contributed by atoms with van der Waals surface area (Å²) < 4.78 is 1.26. The van der Waals surface area contributed by atoms with Crippen LogP contribution in [0.25, 0.3) is 0 Å². The van der Waals surface area contributed by atoms with Gasteiger partial charge in [-0.25, -0.2) is 0 Å². The first kappa shape index (κ1) is 17.0. The summed E-state index contributed by atoms with van der Waals surface area (Å²) in [6, 6.07) is 9.43. The van der Waals surface area contributed by atoms with Gasteiger partial charge in [-0.05, 0) is 70.3 Å². The van der Waals surface area contributed by atoms with Crippen molar-refractivity contribution in [3.8, 4) is 0 Å². The molecule has 1 aliphatic rings. The van der Waals surface area contributed by atoms with Crippen LogP contribution >= 0.6 is 15.9 Å². The Hall–Kier alpha value is -0.380. The Labute approximate surface area is 138 Å². The fourth-order valence-electron chi connectivity index (χ4n) is 3.04. The summed E-state index contributed by atoms with van der Waals surface area (Å²) in [6.07, 6.45) is 7.95. The third-order valence-corrected chi connectivity index (χ3v) is 5.19. The second-order valence-corrected chi connectivity index (χ2v) is 7.41. The Kier molecular flexibility index (Phi) is 7.21. The van der Waals surface area contributed by atoms with Crippen LogP contribution in [0.15, 0.2) is 28.7 Å². The highest BCUT2D eigenvalue weighted by atomic mass is 79.9. The highest BCUT2D eigenvalue weighted by Gasteiger charge is 2.29. The molecule has 0 radical (unpaired) electrons. The van der Waals surface area contributed by atoms with Crippen LogP contribution in [-0.2, 0) is 6.42 Å². The lowest BCUT2D eigenvalue weighted by Gasteiger charge is -2.17. The Bertz CT molecular complexity index is 415. The van der Waals surface area contributed by atoms with Crippen molar-refractivity contribution >= 4 is 15.9 Å². The van der Waals surface area contributed by atoms with E-state index in [0.717, 1.165) is 12.0 Å². The minimum Gasteiger partial charge on any atom is -0.311 e. The molecule has 2 unspecified atom stereocenters. The predicted molar refractivity (Wildman–Crippen MR) is 94.8 cm³/mol. The molecule has 21 heavy (non-hydrogen) atoms. The van der Waals surface area contributed by atoms with Crippen molar-refractivity contribution in [1.82, 2.24) is 10.2 Å². The molecule has 2 atom stereocenters. The smallest absolute Gasteiger partial charge is 0.0221 e. The highest BCUT2D eigenvalue weighted by Crippen LogP contribution is 2.25. The zero-order chi connectivity index (χ0) is 15.1. The molecule has 1 aromatic rings. The quantitative estimate of drug-likeness (QED) is 0.506. The van der Waals surface area contributed by atoms with Crippen LogP contribution in [0.4, 0.5) is 0 Å². The van der Waals surface area contributed by atoms with Crippen LogP contribution in [0.3, 0.4) is 0 Å². The fraction of sp³-hybridized carbons (Fsp3) is 0.667. The maximum atomic E-state index is 3.64. The van der Waals surface area contributed by atoms with Gasteiger partial charge in [-0.1, -0.05) is 40.5 Å². The molecule has 1 N–H and O–H groups in total. The number of aryl methyl sites for hydroxylation is 1. The molecule has 0 bridgehead atoms. The Morgan fingerprint density at radius 2 is 1.90 bits per heavy atom. The van der Waals surface area contributed by atoms with Gasteiger partial charge in [0, 0.05) is 17.1 Å². The van der Waals surface area contributed by atoms with Gasteiger partial charge < -0.3 is 10.2 Å². The molecule has 118 valence electrons. The minimum absolute atomic E-state index is 0.815. The van der Waals surface area contributed by atoms with E-state index in [1.54, 1.807) is 0 Å². The third kappa shape index (κ3) is 6.50. The van der Waals surface area contributed by atoms with Crippen molar-refractivity contribution in [2.75, 3.05) is 27.2 Å². The van der Waals surface area contributed by atoms with Crippen molar-refractivity contribution in [2.45, 2.75) is 44.6 Å². The van der Waals surface area contributed by atoms with E-state index < -0.39 is 0 Å². The minimum atomic E-state index is 0.815. The predicted octanol–water partition coefficient (Wildman–Crippen LogP) is 4.09. The number of halogens is 1. The van der Waals surface area contributed by atoms with Gasteiger partial charge in [-0.3, -0.25) is 0 Å². The molecule has 2 nitrogen and oxygen atoms in total. The van der Waals surface area contributed by atoms with Crippen molar-refractivity contribution in [3.05, 3.63) is 34.3 Å². The molecule has 1 heterocycles. The van der Waals surface area contributed by atoms with Gasteiger partial charge in [0.25, 0.3) is 0 Å². The largest absolute Gasteiger partial charge is 0.311 e. The van der Waals surface area contributed by atoms with E-state index in [4.69, 9.17) is 0 Å². The molecule has 0 spiro atoms. The molecule has 1 aliphatic heterocycles. The first-order valence-electron chi connectivity index (χ1n) is 8.28. The summed E-state index contributed by atoms with van der Waals surface area (Å²) >= 11 is 3.64. The lowest BCUT2D eigenvalue weighted by Crippen LogP contribution is -2.17. The number of benzene rings is 1. The van der Waals surface area contributed by atoms with Gasteiger partial charge in [0.1, 0.15) is 0 Å². The lowest BCUT2D eigenvalue weighted by atomic mass is 9.92. The van der Waals surface area contributed by atoms with E-state index in [9.17, 15) is 0 Å². The number of nitrogens with zero attached hydrogens (tertiary/aromatic N) is 1. The van der Waals surface area contributed by atoms with Crippen molar-refractivity contribution in [1.29, 1.82) is 0 Å². The monoisotopic (exact) mass is 352 g/mol. The second-order valence-electron chi connectivity index (χ2n) is 6.56. The van der Waals surface area contributed by atoms with Crippen LogP contribution in [0.5, 0.6) is 0 Å². The number of nitrogens with one attached hydrogen (secondary N) is 1. The molecule has 1 aromatic carbocycles. The average Bonchev–Trinajstić information content (AvgIpc) is 3.27. The van der Waals surface area contributed by atoms with Crippen LogP contribution in [0.2, 0.25) is 0 Å². The number of rotatable bonds is 10. The number of hydrogen-bond acceptors (Lipinski definition) is 2. The summed E-state index contributed by atoms with van der Waals surface area (Å²) in [5.41, 5.74) is 1.45. The normalized spacial score (nSPS) is 19.0. The summed E-state index contributed by atoms with van der Waals surface area (Å²) in [4.78, 5) is 2.30. The Morgan fingerprint density at radius 1 is 1.19 bits per heavy atom. The van der Waals surface area contributed by atoms with Crippen molar-refractivity contribution in [2.24, 2.45) is 5.92 Å². The van der Waals surface area contributed by atoms with Crippen molar-refractivity contribution < 1.29 is 0 Å². The maximum Gasteiger partial charge on any atom is 0.0221 e. The van der Waals surface area contributed by atoms with E-state index in [-0.39, 0.29) is 0 Å². The van der Waals surface area contributed by atoms with E-state index in [0.29, 0.717) is 0 Å². The topological polar surface area (TPSA) is 25.2 Å². The molecule has 0 amide bonds. The Balaban J connectivity index is 1.64. The van der Waals surface area contributed by atoms with Crippen LogP contribution in [0, 0.1) is 5.92 Å².